The lowest BCUT2D eigenvalue weighted by Crippen LogP contribution is -2.11. The van der Waals surface area contributed by atoms with Crippen LogP contribution in [0, 0.1) is 11.6 Å². The Kier molecular flexibility index (Phi) is 7.88. The number of hydrogen-bond donors (Lipinski definition) is 1. The maximum absolute atomic E-state index is 14.3. The van der Waals surface area contributed by atoms with E-state index in [1.165, 1.54) is 12.3 Å². The van der Waals surface area contributed by atoms with E-state index < -0.39 is 17.4 Å². The van der Waals surface area contributed by atoms with Crippen molar-refractivity contribution >= 4 is 72.3 Å². The highest BCUT2D eigenvalue weighted by Crippen LogP contribution is 2.33. The zero-order chi connectivity index (χ0) is 28.0. The smallest absolute Gasteiger partial charge is 0.214 e. The Balaban J connectivity index is 0.000000158. The van der Waals surface area contributed by atoms with Crippen LogP contribution >= 0.6 is 55.1 Å². The summed E-state index contributed by atoms with van der Waals surface area (Å²) in [6.45, 7) is 0. The molecular weight excluding hydrogens is 679 g/mol. The number of nitrogens with zero attached hydrogens (tertiary/aromatic N) is 2. The first-order chi connectivity index (χ1) is 18.5. The average molecular weight is 696 g/mol. The molecule has 2 heterocycles. The predicted octanol–water partition coefficient (Wildman–Crippen LogP) is 7.51. The Bertz CT molecular complexity index is 1700. The Morgan fingerprint density at radius 1 is 0.718 bits per heavy atom. The third kappa shape index (κ3) is 5.37. The van der Waals surface area contributed by atoms with Crippen molar-refractivity contribution in [3.05, 3.63) is 118 Å². The lowest BCUT2D eigenvalue weighted by atomic mass is 10.00. The summed E-state index contributed by atoms with van der Waals surface area (Å²) < 4.78 is 29.9. The Morgan fingerprint density at radius 2 is 1.21 bits per heavy atom. The molecule has 0 saturated heterocycles. The Hall–Kier alpha value is -2.72. The molecule has 0 saturated carbocycles. The van der Waals surface area contributed by atoms with Crippen LogP contribution in [0.25, 0.3) is 0 Å². The normalized spacial score (nSPS) is 13.7. The summed E-state index contributed by atoms with van der Waals surface area (Å²) >= 11 is 18.4. The summed E-state index contributed by atoms with van der Waals surface area (Å²) in [4.78, 5) is 33.2. The summed E-state index contributed by atoms with van der Waals surface area (Å²) in [5.74, 6) is -2.15. The lowest BCUT2D eigenvalue weighted by Gasteiger charge is -2.09. The van der Waals surface area contributed by atoms with Gasteiger partial charge in [0, 0.05) is 26.4 Å². The van der Waals surface area contributed by atoms with Crippen molar-refractivity contribution in [1.82, 2.24) is 9.97 Å². The van der Waals surface area contributed by atoms with E-state index in [1.54, 1.807) is 18.3 Å². The summed E-state index contributed by atoms with van der Waals surface area (Å²) in [7, 11) is 0. The predicted molar refractivity (Wildman–Crippen MR) is 153 cm³/mol. The van der Waals surface area contributed by atoms with Gasteiger partial charge in [0.2, 0.25) is 11.6 Å². The van der Waals surface area contributed by atoms with Crippen LogP contribution in [-0.2, 0) is 25.7 Å². The molecular formula is C28H17Br2Cl2F2N3O2. The lowest BCUT2D eigenvalue weighted by molar-refractivity contribution is 0.102. The van der Waals surface area contributed by atoms with Crippen LogP contribution in [0.15, 0.2) is 51.7 Å². The first-order valence-corrected chi connectivity index (χ1v) is 14.0. The summed E-state index contributed by atoms with van der Waals surface area (Å²) in [5, 5.41) is 0.443. The van der Waals surface area contributed by atoms with E-state index in [1.807, 2.05) is 12.1 Å². The topological polar surface area (TPSA) is 85.9 Å². The minimum atomic E-state index is -0.755. The number of rotatable bonds is 0. The van der Waals surface area contributed by atoms with E-state index in [4.69, 9.17) is 28.9 Å². The molecule has 0 aliphatic heterocycles. The number of nitrogen functional groups attached to an aromatic ring is 1. The fourth-order valence-corrected chi connectivity index (χ4v) is 5.93. The maximum atomic E-state index is 14.3. The van der Waals surface area contributed by atoms with Gasteiger partial charge in [0.1, 0.15) is 17.2 Å². The van der Waals surface area contributed by atoms with Crippen LogP contribution in [0.3, 0.4) is 0 Å². The number of benzene rings is 2. The van der Waals surface area contributed by atoms with Crippen molar-refractivity contribution in [2.45, 2.75) is 25.7 Å². The number of hydrogen-bond acceptors (Lipinski definition) is 5. The summed E-state index contributed by atoms with van der Waals surface area (Å²) in [6, 6.07) is 8.07. The number of pyridine rings is 2. The second-order valence-corrected chi connectivity index (χ2v) is 11.7. The van der Waals surface area contributed by atoms with Gasteiger partial charge in [0.05, 0.1) is 21.8 Å². The van der Waals surface area contributed by atoms with E-state index in [-0.39, 0.29) is 33.3 Å². The second kappa shape index (κ2) is 11.0. The zero-order valence-electron chi connectivity index (χ0n) is 19.9. The van der Waals surface area contributed by atoms with Crippen LogP contribution in [0.2, 0.25) is 10.0 Å². The highest BCUT2D eigenvalue weighted by Gasteiger charge is 2.28. The molecule has 0 bridgehead atoms. The molecule has 11 heteroatoms. The van der Waals surface area contributed by atoms with Crippen molar-refractivity contribution < 1.29 is 18.4 Å². The molecule has 2 aliphatic carbocycles. The number of carbonyl (C=O) groups is 2. The zero-order valence-corrected chi connectivity index (χ0v) is 24.6. The van der Waals surface area contributed by atoms with Crippen LogP contribution in [-0.4, -0.2) is 21.5 Å². The SMILES string of the molecule is Nc1c(Cl)cc2c(c1F)C(=O)c1ncc(Br)cc1CC2.O=C1c2ncc(Br)cc2CCc2cc(Cl)cc(F)c21. The molecule has 0 amide bonds. The van der Waals surface area contributed by atoms with E-state index in [0.29, 0.717) is 47.5 Å². The molecule has 2 N–H and O–H groups in total. The van der Waals surface area contributed by atoms with Gasteiger partial charge in [0.25, 0.3) is 0 Å². The largest absolute Gasteiger partial charge is 0.395 e. The van der Waals surface area contributed by atoms with Crippen molar-refractivity contribution in [2.75, 3.05) is 5.73 Å². The molecule has 0 fully saturated rings. The van der Waals surface area contributed by atoms with Gasteiger partial charge in [-0.25, -0.2) is 8.78 Å². The van der Waals surface area contributed by atoms with Gasteiger partial charge < -0.3 is 5.73 Å². The van der Waals surface area contributed by atoms with Crippen molar-refractivity contribution in [2.24, 2.45) is 0 Å². The number of nitrogens with two attached hydrogens (primary N) is 1. The molecule has 2 aromatic carbocycles. The molecule has 0 spiro atoms. The third-order valence-corrected chi connectivity index (χ3v) is 7.95. The van der Waals surface area contributed by atoms with Crippen molar-refractivity contribution in [1.29, 1.82) is 0 Å². The standard InChI is InChI=1S/C14H9BrClFN2O.C14H8BrClFNO/c15-8-3-7-2-1-6-4-9(16)12(18)11(17)10(6)14(20)13(7)19-5-8;15-9-3-8-2-1-7-4-10(16)5-11(17)12(7)14(19)13(8)18-6-9/h3-5H,1-2,18H2;3-6H,1-2H2. The molecule has 2 aliphatic rings. The minimum Gasteiger partial charge on any atom is -0.395 e. The van der Waals surface area contributed by atoms with E-state index >= 15 is 0 Å². The molecule has 0 atom stereocenters. The average Bonchev–Trinajstić information content (AvgIpc) is 3.10. The van der Waals surface area contributed by atoms with Gasteiger partial charge in [-0.05, 0) is 110 Å². The maximum Gasteiger partial charge on any atom is 0.214 e. The number of halogens is 6. The van der Waals surface area contributed by atoms with E-state index in [0.717, 1.165) is 20.1 Å². The van der Waals surface area contributed by atoms with Crippen molar-refractivity contribution in [3.8, 4) is 0 Å². The number of fused-ring (bicyclic) bond motifs is 4. The van der Waals surface area contributed by atoms with Gasteiger partial charge in [-0.15, -0.1) is 0 Å². The first kappa shape index (κ1) is 27.8. The van der Waals surface area contributed by atoms with E-state index in [9.17, 15) is 18.4 Å². The van der Waals surface area contributed by atoms with Gasteiger partial charge in [-0.1, -0.05) is 23.2 Å². The van der Waals surface area contributed by atoms with Gasteiger partial charge >= 0.3 is 0 Å². The van der Waals surface area contributed by atoms with Crippen LogP contribution in [0.4, 0.5) is 14.5 Å². The Morgan fingerprint density at radius 3 is 1.77 bits per heavy atom. The Labute approximate surface area is 249 Å². The number of aryl methyl sites for hydroxylation is 4. The highest BCUT2D eigenvalue weighted by atomic mass is 79.9. The van der Waals surface area contributed by atoms with Gasteiger partial charge in [-0.2, -0.15) is 0 Å². The number of ketones is 2. The van der Waals surface area contributed by atoms with Crippen LogP contribution in [0.1, 0.15) is 54.4 Å². The minimum absolute atomic E-state index is 0.0135. The molecule has 0 radical (unpaired) electrons. The molecule has 5 nitrogen and oxygen atoms in total. The van der Waals surface area contributed by atoms with Gasteiger partial charge in [0.15, 0.2) is 5.82 Å². The summed E-state index contributed by atoms with van der Waals surface area (Å²) in [5.41, 5.74) is 8.88. The third-order valence-electron chi connectivity index (χ3n) is 6.55. The highest BCUT2D eigenvalue weighted by molar-refractivity contribution is 9.10. The molecule has 6 rings (SSSR count). The number of aromatic nitrogens is 2. The fourth-order valence-electron chi connectivity index (χ4n) is 4.73. The fraction of sp³-hybridized carbons (Fsp3) is 0.143. The van der Waals surface area contributed by atoms with E-state index in [2.05, 4.69) is 41.8 Å². The first-order valence-electron chi connectivity index (χ1n) is 11.7. The van der Waals surface area contributed by atoms with Gasteiger partial charge in [-0.3, -0.25) is 19.6 Å². The number of anilines is 1. The van der Waals surface area contributed by atoms with Crippen molar-refractivity contribution in [3.63, 3.8) is 0 Å². The van der Waals surface area contributed by atoms with Crippen LogP contribution < -0.4 is 5.73 Å². The molecule has 4 aromatic rings. The second-order valence-electron chi connectivity index (χ2n) is 9.02. The molecule has 39 heavy (non-hydrogen) atoms. The quantitative estimate of drug-likeness (QED) is 0.193. The monoisotopic (exact) mass is 693 g/mol. The molecule has 2 aromatic heterocycles. The van der Waals surface area contributed by atoms with Crippen LogP contribution in [0.5, 0.6) is 0 Å². The summed E-state index contributed by atoms with van der Waals surface area (Å²) in [6.07, 6.45) is 5.40. The molecule has 198 valence electrons. The number of carbonyl (C=O) groups excluding carboxylic acids is 2. The molecule has 0 unspecified atom stereocenters.